The minimum atomic E-state index is 0. The summed E-state index contributed by atoms with van der Waals surface area (Å²) in [5.41, 5.74) is 0. The van der Waals surface area contributed by atoms with Gasteiger partial charge in [-0.05, 0) is 0 Å². The molecule has 0 heteroatoms. The molecule has 0 aromatic heterocycles. The number of hydrogen-bond donors (Lipinski definition) is 0. The third-order valence-electron chi connectivity index (χ3n) is 0. The Bertz CT molecular complexity index is 0. The van der Waals surface area contributed by atoms with Gasteiger partial charge in [-0.3, -0.25) is 0 Å². The molecule has 0 unspecified atom stereocenters. The van der Waals surface area contributed by atoms with Crippen LogP contribution in [0.3, 0.4) is 0 Å². The Balaban J connectivity index is -0.00000000234. The summed E-state index contributed by atoms with van der Waals surface area (Å²) in [4.78, 5) is 0. The fourth-order valence-electron chi connectivity index (χ4n) is 0. The summed E-state index contributed by atoms with van der Waals surface area (Å²) in [6, 6.07) is 0. The van der Waals surface area contributed by atoms with Crippen molar-refractivity contribution in [3.63, 3.8) is 0 Å². The first-order valence-corrected chi connectivity index (χ1v) is 8.00. The van der Waals surface area contributed by atoms with E-state index in [0.717, 1.165) is 0 Å². The molecule has 0 aromatic carbocycles. The van der Waals surface area contributed by atoms with Crippen LogP contribution in [0.5, 0.6) is 0 Å². The van der Waals surface area contributed by atoms with Crippen LogP contribution in [-0.2, 0) is 0 Å². The van der Waals surface area contributed by atoms with E-state index in [2.05, 4.69) is 0 Å². The van der Waals surface area contributed by atoms with Crippen LogP contribution in [0.4, 0.5) is 0 Å². The summed E-state index contributed by atoms with van der Waals surface area (Å²) in [6.07, 6.45) is 0. The Morgan fingerprint density at radius 2 is 0.130 bits per heavy atom. The summed E-state index contributed by atoms with van der Waals surface area (Å²) < 4.78 is 0. The van der Waals surface area contributed by atoms with Gasteiger partial charge >= 0.3 is 0 Å². The van der Waals surface area contributed by atoms with Crippen molar-refractivity contribution in [3.05, 3.63) is 0 Å². The molecule has 0 saturated heterocycles. The maximum Gasteiger partial charge on any atom is -0.0683 e. The molecule has 0 heterocycles. The molecule has 0 amide bonds. The van der Waals surface area contributed by atoms with E-state index in [1.807, 2.05) is 111 Å². The average molecular weight is 353 g/mol. The zero-order valence-corrected chi connectivity index (χ0v) is 16.0. The molecule has 0 atom stereocenters. The lowest BCUT2D eigenvalue weighted by molar-refractivity contribution is 1.50. The van der Waals surface area contributed by atoms with Gasteiger partial charge in [0.2, 0.25) is 0 Å². The smallest absolute Gasteiger partial charge is 0.0683 e. The third kappa shape index (κ3) is 0. The molecule has 0 spiro atoms. The van der Waals surface area contributed by atoms with Crippen molar-refractivity contribution in [3.8, 4) is 0 Å². The highest BCUT2D eigenvalue weighted by atomic mass is 13.0. The van der Waals surface area contributed by atoms with Crippen LogP contribution in [0.2, 0.25) is 0 Å². The van der Waals surface area contributed by atoms with Gasteiger partial charge in [-0.25, -0.2) is 0 Å². The molecular formula is C23H76. The van der Waals surface area contributed by atoms with E-state index < -0.39 is 0 Å². The molecular weight excluding hydrogens is 276 g/mol. The lowest BCUT2D eigenvalue weighted by atomic mass is 11.0. The Morgan fingerprint density at radius 1 is 0.130 bits per heavy atom. The van der Waals surface area contributed by atoms with Crippen molar-refractivity contribution < 1.29 is 0 Å². The number of rotatable bonds is 0. The average Bonchev–Trinajstić information content (AvgIpc) is 2.54. The van der Waals surface area contributed by atoms with E-state index in [1.54, 1.807) is 0 Å². The van der Waals surface area contributed by atoms with Crippen LogP contribution in [0.15, 0.2) is 0 Å². The van der Waals surface area contributed by atoms with Crippen LogP contribution in [0.1, 0.15) is 163 Å². The number of hydrogen-bond acceptors (Lipinski definition) is 0. The summed E-state index contributed by atoms with van der Waals surface area (Å²) in [6.45, 7) is 32.0. The Kier molecular flexibility index (Phi) is 0. The molecule has 0 saturated carbocycles. The zero-order chi connectivity index (χ0) is 16.0. The SMILES string of the molecule is C.C.C.C.C.C.C.CC.CC.CC.CC.CC.CC.CC.CC. The van der Waals surface area contributed by atoms with Crippen LogP contribution >= 0.6 is 0 Å². The van der Waals surface area contributed by atoms with E-state index in [1.165, 1.54) is 0 Å². The third-order valence-corrected chi connectivity index (χ3v) is 0. The molecule has 0 aliphatic carbocycles. The largest absolute Gasteiger partial charge is 0.0776 e. The fourth-order valence-corrected chi connectivity index (χ4v) is 0. The van der Waals surface area contributed by atoms with Crippen molar-refractivity contribution in [2.45, 2.75) is 163 Å². The normalized spacial score (nSPS) is 2.09. The van der Waals surface area contributed by atoms with Gasteiger partial charge in [0.25, 0.3) is 0 Å². The van der Waals surface area contributed by atoms with Crippen molar-refractivity contribution in [2.24, 2.45) is 0 Å². The summed E-state index contributed by atoms with van der Waals surface area (Å²) >= 11 is 0. The molecule has 0 aliphatic rings. The van der Waals surface area contributed by atoms with E-state index in [0.29, 0.717) is 0 Å². The van der Waals surface area contributed by atoms with E-state index in [4.69, 9.17) is 0 Å². The van der Waals surface area contributed by atoms with Crippen molar-refractivity contribution in [1.82, 2.24) is 0 Å². The first-order valence-electron chi connectivity index (χ1n) is 8.00. The monoisotopic (exact) mass is 353 g/mol. The van der Waals surface area contributed by atoms with Gasteiger partial charge in [0.05, 0.1) is 0 Å². The second-order valence-corrected chi connectivity index (χ2v) is 0. The minimum absolute atomic E-state index is 0. The van der Waals surface area contributed by atoms with Gasteiger partial charge < -0.3 is 0 Å². The van der Waals surface area contributed by atoms with Crippen molar-refractivity contribution >= 4 is 0 Å². The summed E-state index contributed by atoms with van der Waals surface area (Å²) in [5, 5.41) is 0. The van der Waals surface area contributed by atoms with Gasteiger partial charge in [-0.15, -0.1) is 0 Å². The van der Waals surface area contributed by atoms with E-state index >= 15 is 0 Å². The maximum atomic E-state index is 2.00. The van der Waals surface area contributed by atoms with Gasteiger partial charge in [-0.2, -0.15) is 0 Å². The maximum absolute atomic E-state index is 2.00. The van der Waals surface area contributed by atoms with E-state index in [-0.39, 0.29) is 52.0 Å². The molecule has 0 bridgehead atoms. The molecule has 0 radical (unpaired) electrons. The Morgan fingerprint density at radius 3 is 0.130 bits per heavy atom. The van der Waals surface area contributed by atoms with Crippen LogP contribution < -0.4 is 0 Å². The van der Waals surface area contributed by atoms with Crippen molar-refractivity contribution in [1.29, 1.82) is 0 Å². The van der Waals surface area contributed by atoms with Crippen LogP contribution in [-0.4, -0.2) is 0 Å². The van der Waals surface area contributed by atoms with Crippen LogP contribution in [0.25, 0.3) is 0 Å². The van der Waals surface area contributed by atoms with Gasteiger partial charge in [0, 0.05) is 0 Å². The predicted molar refractivity (Wildman–Crippen MR) is 138 cm³/mol. The molecule has 0 N–H and O–H groups in total. The van der Waals surface area contributed by atoms with E-state index in [9.17, 15) is 0 Å². The highest BCUT2D eigenvalue weighted by Crippen LogP contribution is 1.16. The summed E-state index contributed by atoms with van der Waals surface area (Å²) in [5.74, 6) is 0. The van der Waals surface area contributed by atoms with Gasteiger partial charge in [-0.1, -0.05) is 163 Å². The Hall–Kier alpha value is 0. The second-order valence-electron chi connectivity index (χ2n) is 0. The first kappa shape index (κ1) is 174. The molecule has 0 fully saturated rings. The second kappa shape index (κ2) is 0. The van der Waals surface area contributed by atoms with Crippen LogP contribution in [0, 0.1) is 0 Å². The van der Waals surface area contributed by atoms with Gasteiger partial charge in [0.15, 0.2) is 0 Å². The Labute approximate surface area is 163 Å². The molecule has 0 rings (SSSR count). The van der Waals surface area contributed by atoms with Crippen molar-refractivity contribution in [2.75, 3.05) is 0 Å². The molecule has 0 nitrogen and oxygen atoms in total. The first-order chi connectivity index (χ1) is 8.00. The highest BCUT2D eigenvalue weighted by Gasteiger charge is 0.946. The topological polar surface area (TPSA) is 0 Å². The standard InChI is InChI=1S/8C2H6.7CH4/c8*1-2;;;;;;;/h8*1-2H3;7*1H4. The predicted octanol–water partition coefficient (Wildman–Crippen LogP) is 12.7. The summed E-state index contributed by atoms with van der Waals surface area (Å²) in [7, 11) is 0. The molecule has 0 aromatic rings. The van der Waals surface area contributed by atoms with Gasteiger partial charge in [0.1, 0.15) is 0 Å². The molecule has 0 aliphatic heterocycles. The fraction of sp³-hybridized carbons (Fsp3) is 1.00. The molecule has 168 valence electrons. The highest BCUT2D eigenvalue weighted by molar-refractivity contribution is 3.52. The molecule has 23 heavy (non-hydrogen) atoms. The lowest BCUT2D eigenvalue weighted by Crippen LogP contribution is -0.856. The minimum Gasteiger partial charge on any atom is -0.0776 e. The quantitative estimate of drug-likeness (QED) is 0.406. The zero-order valence-electron chi connectivity index (χ0n) is 16.0. The lowest BCUT2D eigenvalue weighted by Gasteiger charge is -1.07.